The fourth-order valence-corrected chi connectivity index (χ4v) is 3.94. The third kappa shape index (κ3) is 12.2. The van der Waals surface area contributed by atoms with E-state index in [9.17, 15) is 9.13 Å². The van der Waals surface area contributed by atoms with Gasteiger partial charge in [-0.25, -0.2) is 9.97 Å². The van der Waals surface area contributed by atoms with Crippen LogP contribution in [0.1, 0.15) is 6.92 Å². The van der Waals surface area contributed by atoms with E-state index >= 15 is 0 Å². The summed E-state index contributed by atoms with van der Waals surface area (Å²) < 4.78 is 31.4. The molecule has 11 nitrogen and oxygen atoms in total. The van der Waals surface area contributed by atoms with Crippen molar-refractivity contribution >= 4 is 44.7 Å². The van der Waals surface area contributed by atoms with E-state index in [0.717, 1.165) is 0 Å². The molecule has 1 atom stereocenters. The van der Waals surface area contributed by atoms with Crippen molar-refractivity contribution in [3.05, 3.63) is 6.07 Å². The first-order valence-electron chi connectivity index (χ1n) is 7.13. The Kier molecular flexibility index (Phi) is 10.0. The molecular weight excluding hydrogens is 428 g/mol. The molecule has 0 unspecified atom stereocenters. The van der Waals surface area contributed by atoms with E-state index in [1.807, 2.05) is 0 Å². The van der Waals surface area contributed by atoms with Gasteiger partial charge in [0.1, 0.15) is 22.7 Å². The van der Waals surface area contributed by atoms with Crippen LogP contribution in [0.2, 0.25) is 0 Å². The quantitative estimate of drug-likeness (QED) is 0.131. The molecule has 0 bridgehead atoms. The minimum absolute atomic E-state index is 0.0671. The van der Waals surface area contributed by atoms with Gasteiger partial charge in [-0.2, -0.15) is 0 Å². The van der Waals surface area contributed by atoms with E-state index in [1.165, 1.54) is 23.5 Å². The van der Waals surface area contributed by atoms with Crippen LogP contribution in [-0.4, -0.2) is 66.5 Å². The lowest BCUT2D eigenvalue weighted by molar-refractivity contribution is 0.105. The second-order valence-corrected chi connectivity index (χ2v) is 10.4. The maximum Gasteiger partial charge on any atom is 0.350 e. The fourth-order valence-electron chi connectivity index (χ4n) is 1.43. The van der Waals surface area contributed by atoms with Gasteiger partial charge in [-0.05, 0) is 6.92 Å². The first-order valence-corrected chi connectivity index (χ1v) is 12.7. The first kappa shape index (κ1) is 23.8. The minimum Gasteiger partial charge on any atom is -0.368 e. The van der Waals surface area contributed by atoms with E-state index in [0.29, 0.717) is 21.6 Å². The SMILES string of the molecule is C[C@@H](CSc1cc(SCCOCP(=O)(O)O)nc(N)n1)OCP(=O)(O)O. The predicted molar refractivity (Wildman–Crippen MR) is 98.2 cm³/mol. The van der Waals surface area contributed by atoms with Crippen LogP contribution < -0.4 is 5.73 Å². The molecule has 0 amide bonds. The molecule has 0 aliphatic rings. The minimum atomic E-state index is -4.20. The van der Waals surface area contributed by atoms with Gasteiger partial charge in [0.05, 0.1) is 12.7 Å². The van der Waals surface area contributed by atoms with Crippen molar-refractivity contribution in [2.45, 2.75) is 23.1 Å². The zero-order valence-corrected chi connectivity index (χ0v) is 17.2. The maximum atomic E-state index is 10.8. The summed E-state index contributed by atoms with van der Waals surface area (Å²) >= 11 is 2.59. The zero-order valence-electron chi connectivity index (χ0n) is 13.8. The smallest absolute Gasteiger partial charge is 0.350 e. The molecule has 0 saturated heterocycles. The summed E-state index contributed by atoms with van der Waals surface area (Å²) in [5, 5.41) is 1.14. The Labute approximate surface area is 158 Å². The Morgan fingerprint density at radius 3 is 2.27 bits per heavy atom. The number of thioether (sulfide) groups is 2. The lowest BCUT2D eigenvalue weighted by Gasteiger charge is -2.13. The summed E-state index contributed by atoms with van der Waals surface area (Å²) in [6, 6.07) is 1.68. The molecule has 1 aromatic heterocycles. The Balaban J connectivity index is 2.43. The predicted octanol–water partition coefficient (Wildman–Crippen LogP) is 0.935. The largest absolute Gasteiger partial charge is 0.368 e. The topological polar surface area (TPSA) is 185 Å². The molecule has 0 radical (unpaired) electrons. The van der Waals surface area contributed by atoms with E-state index < -0.39 is 34.0 Å². The highest BCUT2D eigenvalue weighted by atomic mass is 32.2. The standard InChI is InChI=1S/C11H21N3O8P2S2/c1-8(22-7-24(18,19)20)5-26-10-4-9(13-11(12)14-10)25-3-2-21-6-23(15,16)17/h4,8H,2-3,5-7H2,1H3,(H2,12,13,14)(H2,15,16,17)(H2,18,19,20)/t8-/m0/s1. The summed E-state index contributed by atoms with van der Waals surface area (Å²) in [6.07, 6.45) is -1.68. The molecule has 0 aliphatic heterocycles. The van der Waals surface area contributed by atoms with E-state index in [4.69, 9.17) is 34.8 Å². The van der Waals surface area contributed by atoms with E-state index in [2.05, 4.69) is 9.97 Å². The number of aromatic nitrogens is 2. The lowest BCUT2D eigenvalue weighted by Crippen LogP contribution is -2.12. The fraction of sp³-hybridized carbons (Fsp3) is 0.636. The Morgan fingerprint density at radius 1 is 1.12 bits per heavy atom. The third-order valence-corrected chi connectivity index (χ3v) is 5.45. The van der Waals surface area contributed by atoms with Gasteiger partial charge in [0.25, 0.3) is 0 Å². The summed E-state index contributed by atoms with van der Waals surface area (Å²) in [7, 11) is -8.37. The molecule has 150 valence electrons. The normalized spacial score (nSPS) is 13.7. The van der Waals surface area contributed by atoms with Gasteiger partial charge in [-0.3, -0.25) is 9.13 Å². The summed E-state index contributed by atoms with van der Waals surface area (Å²) in [5.41, 5.74) is 5.65. The van der Waals surface area contributed by atoms with Crippen molar-refractivity contribution in [3.63, 3.8) is 0 Å². The highest BCUT2D eigenvalue weighted by molar-refractivity contribution is 8.00. The van der Waals surface area contributed by atoms with Crippen LogP contribution in [0, 0.1) is 0 Å². The van der Waals surface area contributed by atoms with Crippen molar-refractivity contribution in [1.82, 2.24) is 9.97 Å². The molecule has 0 fully saturated rings. The van der Waals surface area contributed by atoms with Crippen molar-refractivity contribution in [2.75, 3.05) is 36.5 Å². The molecule has 1 rings (SSSR count). The highest BCUT2D eigenvalue weighted by Crippen LogP contribution is 2.35. The summed E-state index contributed by atoms with van der Waals surface area (Å²) in [4.78, 5) is 43.0. The third-order valence-electron chi connectivity index (χ3n) is 2.43. The van der Waals surface area contributed by atoms with Gasteiger partial charge in [0.2, 0.25) is 5.95 Å². The van der Waals surface area contributed by atoms with Gasteiger partial charge in [0.15, 0.2) is 0 Å². The average Bonchev–Trinajstić information content (AvgIpc) is 2.48. The maximum absolute atomic E-state index is 10.8. The number of ether oxygens (including phenoxy) is 2. The van der Waals surface area contributed by atoms with Crippen LogP contribution in [0.4, 0.5) is 5.95 Å². The number of nitrogens with zero attached hydrogens (tertiary/aromatic N) is 2. The number of nitrogens with two attached hydrogens (primary N) is 1. The van der Waals surface area contributed by atoms with Crippen LogP contribution >= 0.6 is 38.7 Å². The van der Waals surface area contributed by atoms with Crippen molar-refractivity contribution in [3.8, 4) is 0 Å². The molecular formula is C11H21N3O8P2S2. The van der Waals surface area contributed by atoms with Crippen LogP contribution in [0.5, 0.6) is 0 Å². The van der Waals surface area contributed by atoms with Crippen molar-refractivity contribution < 1.29 is 38.2 Å². The Hall–Kier alpha value is -0.200. The number of rotatable bonds is 12. The molecule has 0 aromatic carbocycles. The highest BCUT2D eigenvalue weighted by Gasteiger charge is 2.16. The molecule has 1 aromatic rings. The zero-order chi connectivity index (χ0) is 19.8. The molecule has 6 N–H and O–H groups in total. The first-order chi connectivity index (χ1) is 11.9. The van der Waals surface area contributed by atoms with Crippen LogP contribution in [0.15, 0.2) is 16.1 Å². The van der Waals surface area contributed by atoms with Crippen LogP contribution in [-0.2, 0) is 18.6 Å². The van der Waals surface area contributed by atoms with Crippen LogP contribution in [0.3, 0.4) is 0 Å². The Morgan fingerprint density at radius 2 is 1.69 bits per heavy atom. The lowest BCUT2D eigenvalue weighted by atomic mass is 10.5. The van der Waals surface area contributed by atoms with Gasteiger partial charge < -0.3 is 34.8 Å². The molecule has 0 spiro atoms. The van der Waals surface area contributed by atoms with E-state index in [1.54, 1.807) is 13.0 Å². The Bertz CT molecular complexity index is 671. The number of hydrogen-bond donors (Lipinski definition) is 5. The van der Waals surface area contributed by atoms with Crippen molar-refractivity contribution in [2.24, 2.45) is 0 Å². The average molecular weight is 449 g/mol. The van der Waals surface area contributed by atoms with Gasteiger partial charge in [0, 0.05) is 17.6 Å². The van der Waals surface area contributed by atoms with Gasteiger partial charge in [-0.15, -0.1) is 23.5 Å². The molecule has 15 heteroatoms. The van der Waals surface area contributed by atoms with E-state index in [-0.39, 0.29) is 12.6 Å². The summed E-state index contributed by atoms with van der Waals surface area (Å²) in [6.45, 7) is 1.82. The second kappa shape index (κ2) is 11.0. The molecule has 1 heterocycles. The van der Waals surface area contributed by atoms with Crippen LogP contribution in [0.25, 0.3) is 0 Å². The molecule has 26 heavy (non-hydrogen) atoms. The number of hydrogen-bond acceptors (Lipinski definition) is 9. The molecule has 0 saturated carbocycles. The monoisotopic (exact) mass is 449 g/mol. The van der Waals surface area contributed by atoms with Gasteiger partial charge >= 0.3 is 15.2 Å². The number of nitrogen functional groups attached to an aromatic ring is 1. The van der Waals surface area contributed by atoms with Crippen molar-refractivity contribution in [1.29, 1.82) is 0 Å². The second-order valence-electron chi connectivity index (χ2n) is 5.04. The van der Waals surface area contributed by atoms with Gasteiger partial charge in [-0.1, -0.05) is 0 Å². The summed E-state index contributed by atoms with van der Waals surface area (Å²) in [5.74, 6) is 0.895. The molecule has 0 aliphatic carbocycles. The number of anilines is 1.